The number of hydrogen-bond donors (Lipinski definition) is 1. The van der Waals surface area contributed by atoms with Crippen molar-refractivity contribution < 1.29 is 28.4 Å². The number of nitrogens with zero attached hydrogens (tertiary/aromatic N) is 1. The number of carbonyl (C=O) groups excluding carboxylic acids is 1. The number of rotatable bonds is 5. The molecule has 0 radical (unpaired) electrons. The van der Waals surface area contributed by atoms with Gasteiger partial charge in [0.25, 0.3) is 0 Å². The summed E-state index contributed by atoms with van der Waals surface area (Å²) in [5.41, 5.74) is 4.63. The number of ether oxygens (including phenoxy) is 1. The van der Waals surface area contributed by atoms with E-state index in [1.165, 1.54) is 0 Å². The first-order valence-corrected chi connectivity index (χ1v) is 5.33. The van der Waals surface area contributed by atoms with Gasteiger partial charge in [-0.25, -0.2) is 9.78 Å². The summed E-state index contributed by atoms with van der Waals surface area (Å²) in [6, 6.07) is 5.20. The molecule has 0 bridgehead atoms. The summed E-state index contributed by atoms with van der Waals surface area (Å²) in [4.78, 5) is 15.2. The first kappa shape index (κ1) is 18.5. The molecule has 90 valence electrons. The maximum Gasteiger partial charge on any atom is 1.00 e. The average Bonchev–Trinajstić information content (AvgIpc) is 2.38. The van der Waals surface area contributed by atoms with Gasteiger partial charge in [-0.1, -0.05) is 25.8 Å². The second-order valence-electron chi connectivity index (χ2n) is 3.06. The van der Waals surface area contributed by atoms with Crippen molar-refractivity contribution in [2.24, 2.45) is 5.73 Å². The third-order valence-electron chi connectivity index (χ3n) is 1.86. The van der Waals surface area contributed by atoms with E-state index >= 15 is 0 Å². The van der Waals surface area contributed by atoms with Crippen LogP contribution in [0.5, 0.6) is 0 Å². The molecule has 1 aromatic heterocycles. The van der Waals surface area contributed by atoms with Crippen LogP contribution in [0.25, 0.3) is 0 Å². The second kappa shape index (κ2) is 13.2. The molecule has 0 fully saturated rings. The molecule has 2 N–H and O–H groups in total. The normalized spacial score (nSPS) is 8.41. The largest absolute Gasteiger partial charge is 1.00 e. The van der Waals surface area contributed by atoms with Gasteiger partial charge in [0.15, 0.2) is 0 Å². The van der Waals surface area contributed by atoms with E-state index in [4.69, 9.17) is 4.74 Å². The molecular weight excluding hydrogens is 211 g/mol. The van der Waals surface area contributed by atoms with Gasteiger partial charge in [0, 0.05) is 6.20 Å². The number of hydrogen-bond acceptors (Lipinski definition) is 4. The zero-order chi connectivity index (χ0) is 12.2. The predicted molar refractivity (Wildman–Crippen MR) is 63.6 cm³/mol. The summed E-state index contributed by atoms with van der Waals surface area (Å²) in [5, 5.41) is 0. The fraction of sp³-hybridized carbons (Fsp3) is 0.417. The quantitative estimate of drug-likeness (QED) is 0.310. The van der Waals surface area contributed by atoms with Gasteiger partial charge in [0.2, 0.25) is 0 Å². The minimum absolute atomic E-state index is 0. The van der Waals surface area contributed by atoms with Crippen molar-refractivity contribution >= 4 is 5.97 Å². The van der Waals surface area contributed by atoms with Gasteiger partial charge in [-0.3, -0.25) is 7.05 Å². The van der Waals surface area contributed by atoms with Crippen LogP contribution in [0.1, 0.15) is 36.7 Å². The van der Waals surface area contributed by atoms with Crippen molar-refractivity contribution in [1.82, 2.24) is 4.98 Å². The van der Waals surface area contributed by atoms with E-state index in [1.54, 1.807) is 24.4 Å². The Bertz CT molecular complexity index is 281. The molecule has 0 amide bonds. The van der Waals surface area contributed by atoms with Crippen molar-refractivity contribution in [2.75, 3.05) is 6.61 Å². The van der Waals surface area contributed by atoms with Crippen LogP contribution in [-0.4, -0.2) is 17.6 Å². The van der Waals surface area contributed by atoms with E-state index in [0.717, 1.165) is 19.3 Å². The van der Waals surface area contributed by atoms with Crippen LogP contribution in [0.3, 0.4) is 0 Å². The van der Waals surface area contributed by atoms with Crippen LogP contribution in [0.4, 0.5) is 0 Å². The molecule has 0 unspecified atom stereocenters. The molecule has 1 rings (SSSR count). The molecule has 4 nitrogen and oxygen atoms in total. The van der Waals surface area contributed by atoms with Crippen molar-refractivity contribution in [2.45, 2.75) is 26.2 Å². The molecule has 17 heavy (non-hydrogen) atoms. The maximum absolute atomic E-state index is 11.3. The summed E-state index contributed by atoms with van der Waals surface area (Å²) >= 11 is 0. The Hall–Kier alpha value is -0.823. The summed E-state index contributed by atoms with van der Waals surface area (Å²) in [5.74, 6) is -0.332. The van der Waals surface area contributed by atoms with Crippen LogP contribution in [-0.2, 0) is 4.74 Å². The smallest absolute Gasteiger partial charge is 0.486 e. The third-order valence-corrected chi connectivity index (χ3v) is 1.86. The minimum atomic E-state index is -0.332. The molecule has 0 aromatic carbocycles. The topological polar surface area (TPSA) is 65.2 Å². The number of aromatic nitrogens is 1. The van der Waals surface area contributed by atoms with Crippen LogP contribution in [0.2, 0.25) is 0 Å². The van der Waals surface area contributed by atoms with Crippen LogP contribution >= 0.6 is 0 Å². The van der Waals surface area contributed by atoms with E-state index in [1.807, 2.05) is 0 Å². The molecule has 0 saturated heterocycles. The Morgan fingerprint density at radius 2 is 2.12 bits per heavy atom. The minimum Gasteiger partial charge on any atom is -0.486 e. The Morgan fingerprint density at radius 3 is 2.65 bits per heavy atom. The van der Waals surface area contributed by atoms with Gasteiger partial charge in [-0.05, 0) is 18.6 Å². The van der Waals surface area contributed by atoms with E-state index < -0.39 is 0 Å². The Kier molecular flexibility index (Phi) is 14.4. The van der Waals surface area contributed by atoms with Gasteiger partial charge in [-0.15, -0.1) is 0 Å². The monoisotopic (exact) mass is 230 g/mol. The standard InChI is InChI=1S/C11H15NO2.CH4N.Li/c1-2-3-6-9-14-11(13)10-7-4-5-8-12-10;1-2;/h4-5,7-8H,2-3,6,9H2,1H3;1-2H2;/q;-1;+1. The summed E-state index contributed by atoms with van der Waals surface area (Å²) < 4.78 is 5.03. The molecule has 0 spiro atoms. The van der Waals surface area contributed by atoms with Gasteiger partial charge >= 0.3 is 24.8 Å². The number of nitrogens with two attached hydrogens (primary N) is 1. The van der Waals surface area contributed by atoms with Gasteiger partial charge in [0.05, 0.1) is 6.61 Å². The molecule has 1 heterocycles. The first-order chi connectivity index (χ1) is 7.84. The van der Waals surface area contributed by atoms with E-state index in [0.29, 0.717) is 12.3 Å². The number of unbranched alkanes of at least 4 members (excludes halogenated alkanes) is 2. The molecule has 0 atom stereocenters. The molecule has 0 aliphatic rings. The third kappa shape index (κ3) is 8.93. The molecule has 0 aliphatic heterocycles. The fourth-order valence-corrected chi connectivity index (χ4v) is 1.07. The Labute approximate surface area is 115 Å². The molecule has 1 aromatic rings. The zero-order valence-corrected chi connectivity index (χ0v) is 10.7. The van der Waals surface area contributed by atoms with Crippen molar-refractivity contribution in [3.63, 3.8) is 0 Å². The van der Waals surface area contributed by atoms with Crippen LogP contribution in [0.15, 0.2) is 24.4 Å². The molecule has 0 aliphatic carbocycles. The van der Waals surface area contributed by atoms with E-state index in [2.05, 4.69) is 24.7 Å². The average molecular weight is 230 g/mol. The molecular formula is C12H19LiN2O2. The van der Waals surface area contributed by atoms with Gasteiger partial charge in [-0.2, -0.15) is 0 Å². The first-order valence-electron chi connectivity index (χ1n) is 5.33. The summed E-state index contributed by atoms with van der Waals surface area (Å²) in [6.07, 6.45) is 4.73. The van der Waals surface area contributed by atoms with Crippen molar-refractivity contribution in [1.29, 1.82) is 0 Å². The Morgan fingerprint density at radius 1 is 1.41 bits per heavy atom. The van der Waals surface area contributed by atoms with Crippen LogP contribution in [0, 0.1) is 7.05 Å². The van der Waals surface area contributed by atoms with Crippen molar-refractivity contribution in [3.8, 4) is 0 Å². The van der Waals surface area contributed by atoms with E-state index in [-0.39, 0.29) is 24.8 Å². The summed E-state index contributed by atoms with van der Waals surface area (Å²) in [7, 11) is 2.75. The molecule has 5 heteroatoms. The van der Waals surface area contributed by atoms with Crippen LogP contribution < -0.4 is 24.6 Å². The van der Waals surface area contributed by atoms with Gasteiger partial charge < -0.3 is 10.5 Å². The zero-order valence-electron chi connectivity index (χ0n) is 10.7. The molecule has 0 saturated carbocycles. The SMILES string of the molecule is CCCCCOC(=O)c1ccccn1.[CH2-]N.[Li+]. The predicted octanol–water partition coefficient (Wildman–Crippen LogP) is -0.831. The summed E-state index contributed by atoms with van der Waals surface area (Å²) in [6.45, 7) is 2.60. The fourth-order valence-electron chi connectivity index (χ4n) is 1.07. The maximum atomic E-state index is 11.3. The number of pyridine rings is 1. The van der Waals surface area contributed by atoms with Crippen molar-refractivity contribution in [3.05, 3.63) is 37.1 Å². The van der Waals surface area contributed by atoms with Gasteiger partial charge in [0.1, 0.15) is 5.69 Å². The number of carbonyl (C=O) groups is 1. The Balaban J connectivity index is 0. The second-order valence-corrected chi connectivity index (χ2v) is 3.06. The van der Waals surface area contributed by atoms with E-state index in [9.17, 15) is 4.79 Å². The number of esters is 1.